The van der Waals surface area contributed by atoms with Crippen LogP contribution in [-0.2, 0) is 24.1 Å². The van der Waals surface area contributed by atoms with Crippen LogP contribution in [0.5, 0.6) is 5.75 Å². The van der Waals surface area contributed by atoms with Crippen molar-refractivity contribution in [3.63, 3.8) is 0 Å². The van der Waals surface area contributed by atoms with Crippen LogP contribution in [0.1, 0.15) is 23.7 Å². The van der Waals surface area contributed by atoms with E-state index in [1.54, 1.807) is 0 Å². The summed E-state index contributed by atoms with van der Waals surface area (Å²) in [5, 5.41) is 4.82. The van der Waals surface area contributed by atoms with Crippen LogP contribution in [0.4, 0.5) is 4.79 Å². The van der Waals surface area contributed by atoms with Crippen molar-refractivity contribution < 1.29 is 14.3 Å². The molecule has 0 radical (unpaired) electrons. The van der Waals surface area contributed by atoms with Crippen LogP contribution >= 0.6 is 0 Å². The highest BCUT2D eigenvalue weighted by Gasteiger charge is 2.29. The summed E-state index contributed by atoms with van der Waals surface area (Å²) >= 11 is 0. The van der Waals surface area contributed by atoms with Crippen molar-refractivity contribution in [2.75, 3.05) is 6.61 Å². The maximum atomic E-state index is 11.5. The molecule has 1 aliphatic heterocycles. The van der Waals surface area contributed by atoms with Crippen molar-refractivity contribution >= 4 is 11.9 Å². The first-order valence-electron chi connectivity index (χ1n) is 8.41. The van der Waals surface area contributed by atoms with E-state index in [1.807, 2.05) is 36.5 Å². The summed E-state index contributed by atoms with van der Waals surface area (Å²) in [7, 11) is 0. The number of aryl methyl sites for hydroxylation is 1. The number of aromatic nitrogens is 1. The summed E-state index contributed by atoms with van der Waals surface area (Å²) in [4.78, 5) is 27.1. The lowest BCUT2D eigenvalue weighted by Crippen LogP contribution is -2.31. The van der Waals surface area contributed by atoms with Gasteiger partial charge in [-0.3, -0.25) is 15.1 Å². The van der Waals surface area contributed by atoms with Crippen LogP contribution < -0.4 is 15.4 Å². The average molecular weight is 339 g/mol. The molecule has 3 rings (SSSR count). The highest BCUT2D eigenvalue weighted by molar-refractivity contribution is 6.04. The molecule has 1 aromatic heterocycles. The zero-order valence-electron chi connectivity index (χ0n) is 14.1. The number of nitrogens with one attached hydrogen (secondary N) is 2. The number of nitrogens with zero attached hydrogens (tertiary/aromatic N) is 1. The van der Waals surface area contributed by atoms with Gasteiger partial charge in [-0.1, -0.05) is 25.1 Å². The maximum absolute atomic E-state index is 11.5. The highest BCUT2D eigenvalue weighted by atomic mass is 16.5. The van der Waals surface area contributed by atoms with Gasteiger partial charge in [-0.15, -0.1) is 0 Å². The summed E-state index contributed by atoms with van der Waals surface area (Å²) in [6, 6.07) is 10.7. The second-order valence-corrected chi connectivity index (χ2v) is 5.97. The van der Waals surface area contributed by atoms with Crippen molar-refractivity contribution in [3.8, 4) is 5.75 Å². The lowest BCUT2D eigenvalue weighted by molar-refractivity contribution is -0.120. The van der Waals surface area contributed by atoms with Gasteiger partial charge in [0.15, 0.2) is 0 Å². The van der Waals surface area contributed by atoms with Gasteiger partial charge in [0.1, 0.15) is 11.8 Å². The lowest BCUT2D eigenvalue weighted by Gasteiger charge is -2.09. The topological polar surface area (TPSA) is 80.3 Å². The van der Waals surface area contributed by atoms with E-state index in [0.29, 0.717) is 13.0 Å². The molecule has 2 heterocycles. The van der Waals surface area contributed by atoms with Gasteiger partial charge in [0, 0.05) is 24.7 Å². The van der Waals surface area contributed by atoms with Crippen molar-refractivity contribution in [2.45, 2.75) is 32.2 Å². The summed E-state index contributed by atoms with van der Waals surface area (Å²) in [6.45, 7) is 2.66. The Morgan fingerprint density at radius 3 is 2.44 bits per heavy atom. The fraction of sp³-hybridized carbons (Fsp3) is 0.316. The van der Waals surface area contributed by atoms with E-state index >= 15 is 0 Å². The van der Waals surface area contributed by atoms with E-state index in [0.717, 1.165) is 29.8 Å². The fourth-order valence-corrected chi connectivity index (χ4v) is 2.65. The molecule has 2 aromatic rings. The molecule has 0 bridgehead atoms. The lowest BCUT2D eigenvalue weighted by atomic mass is 10.1. The normalized spacial score (nSPS) is 16.4. The van der Waals surface area contributed by atoms with Crippen LogP contribution in [0.15, 0.2) is 42.6 Å². The smallest absolute Gasteiger partial charge is 0.322 e. The molecule has 25 heavy (non-hydrogen) atoms. The van der Waals surface area contributed by atoms with Gasteiger partial charge in [-0.2, -0.15) is 0 Å². The number of amides is 3. The molecule has 1 fully saturated rings. The number of benzene rings is 1. The number of ether oxygens (including phenoxy) is 1. The molecular formula is C19H21N3O3. The maximum Gasteiger partial charge on any atom is 0.322 e. The summed E-state index contributed by atoms with van der Waals surface area (Å²) in [5.74, 6) is 0.487. The van der Waals surface area contributed by atoms with Gasteiger partial charge in [0.05, 0.1) is 6.61 Å². The standard InChI is InChI=1S/C19H21N3O3/c1-2-13-3-6-15(20-12-13)9-10-25-16-7-4-14(5-8-16)11-17-18(23)22-19(24)21-17/h3-8,12,17H,2,9-11H2,1H3,(H2,21,22,23,24)/t17-/m0/s1. The molecule has 0 unspecified atom stereocenters. The molecule has 0 spiro atoms. The predicted molar refractivity (Wildman–Crippen MR) is 93.4 cm³/mol. The minimum Gasteiger partial charge on any atom is -0.493 e. The number of hydrogen-bond acceptors (Lipinski definition) is 4. The van der Waals surface area contributed by atoms with Crippen molar-refractivity contribution in [1.29, 1.82) is 0 Å². The number of urea groups is 1. The molecule has 130 valence electrons. The largest absolute Gasteiger partial charge is 0.493 e. The minimum absolute atomic E-state index is 0.285. The van der Waals surface area contributed by atoms with Gasteiger partial charge in [0.2, 0.25) is 0 Å². The van der Waals surface area contributed by atoms with E-state index in [2.05, 4.69) is 28.6 Å². The Bertz CT molecular complexity index is 742. The zero-order valence-corrected chi connectivity index (χ0v) is 14.1. The number of imide groups is 1. The van der Waals surface area contributed by atoms with Crippen LogP contribution in [0, 0.1) is 0 Å². The molecular weight excluding hydrogens is 318 g/mol. The first-order chi connectivity index (χ1) is 12.1. The molecule has 1 saturated heterocycles. The van der Waals surface area contributed by atoms with Gasteiger partial charge in [-0.05, 0) is 35.7 Å². The summed E-state index contributed by atoms with van der Waals surface area (Å²) < 4.78 is 5.74. The molecule has 6 nitrogen and oxygen atoms in total. The molecule has 0 saturated carbocycles. The number of carbonyl (C=O) groups excluding carboxylic acids is 2. The molecule has 6 heteroatoms. The van der Waals surface area contributed by atoms with Crippen molar-refractivity contribution in [2.24, 2.45) is 0 Å². The van der Waals surface area contributed by atoms with E-state index in [9.17, 15) is 9.59 Å². The zero-order chi connectivity index (χ0) is 17.6. The van der Waals surface area contributed by atoms with Crippen molar-refractivity contribution in [1.82, 2.24) is 15.6 Å². The Morgan fingerprint density at radius 1 is 1.08 bits per heavy atom. The van der Waals surface area contributed by atoms with Crippen molar-refractivity contribution in [3.05, 3.63) is 59.4 Å². The molecule has 1 aliphatic rings. The third-order valence-corrected chi connectivity index (χ3v) is 4.14. The van der Waals surface area contributed by atoms with Crippen LogP contribution in [0.2, 0.25) is 0 Å². The molecule has 2 N–H and O–H groups in total. The molecule has 3 amide bonds. The highest BCUT2D eigenvalue weighted by Crippen LogP contribution is 2.15. The van der Waals surface area contributed by atoms with Gasteiger partial charge in [-0.25, -0.2) is 4.79 Å². The molecule has 1 aromatic carbocycles. The quantitative estimate of drug-likeness (QED) is 0.756. The van der Waals surface area contributed by atoms with Crippen LogP contribution in [0.3, 0.4) is 0 Å². The Labute approximate surface area is 146 Å². The first-order valence-corrected chi connectivity index (χ1v) is 8.41. The second kappa shape index (κ2) is 7.79. The number of hydrogen-bond donors (Lipinski definition) is 2. The minimum atomic E-state index is -0.503. The molecule has 1 atom stereocenters. The summed E-state index contributed by atoms with van der Waals surface area (Å²) in [5.41, 5.74) is 3.20. The predicted octanol–water partition coefficient (Wildman–Crippen LogP) is 2.02. The average Bonchev–Trinajstić information content (AvgIpc) is 2.94. The van der Waals surface area contributed by atoms with Gasteiger partial charge >= 0.3 is 6.03 Å². The number of pyridine rings is 1. The Balaban J connectivity index is 1.47. The third kappa shape index (κ3) is 4.56. The summed E-state index contributed by atoms with van der Waals surface area (Å²) in [6.07, 6.45) is 4.11. The SMILES string of the molecule is CCc1ccc(CCOc2ccc(C[C@@H]3NC(=O)NC3=O)cc2)nc1. The van der Waals surface area contributed by atoms with Crippen LogP contribution in [-0.4, -0.2) is 29.6 Å². The number of carbonyl (C=O) groups is 2. The van der Waals surface area contributed by atoms with Gasteiger partial charge < -0.3 is 10.1 Å². The van der Waals surface area contributed by atoms with Gasteiger partial charge in [0.25, 0.3) is 5.91 Å². The van der Waals surface area contributed by atoms with E-state index in [4.69, 9.17) is 4.74 Å². The van der Waals surface area contributed by atoms with E-state index < -0.39 is 12.1 Å². The van der Waals surface area contributed by atoms with Crippen LogP contribution in [0.25, 0.3) is 0 Å². The van der Waals surface area contributed by atoms with E-state index in [-0.39, 0.29) is 5.91 Å². The second-order valence-electron chi connectivity index (χ2n) is 5.97. The third-order valence-electron chi connectivity index (χ3n) is 4.14. The Kier molecular flexibility index (Phi) is 5.28. The first kappa shape index (κ1) is 17.0. The Morgan fingerprint density at radius 2 is 1.84 bits per heavy atom. The Hall–Kier alpha value is -2.89. The molecule has 0 aliphatic carbocycles. The number of rotatable bonds is 7. The fourth-order valence-electron chi connectivity index (χ4n) is 2.65. The van der Waals surface area contributed by atoms with E-state index in [1.165, 1.54) is 5.56 Å². The monoisotopic (exact) mass is 339 g/mol.